The van der Waals surface area contributed by atoms with Crippen LogP contribution in [0, 0.1) is 0 Å². The predicted octanol–water partition coefficient (Wildman–Crippen LogP) is 0.462. The van der Waals surface area contributed by atoms with Crippen LogP contribution in [0.15, 0.2) is 29.3 Å². The zero-order valence-electron chi connectivity index (χ0n) is 11.6. The van der Waals surface area contributed by atoms with Crippen molar-refractivity contribution < 1.29 is 16.8 Å². The standard InChI is InChI=1S/C12H17N3O4S2/c1-8(7-20(2,16)17)15-21(18,19)12-6-14-11-4-3-9(13)5-10(11)12/h3-6,8,14-15H,7,13H2,1-2H3. The van der Waals surface area contributed by atoms with Gasteiger partial charge in [0.15, 0.2) is 0 Å². The monoisotopic (exact) mass is 331 g/mol. The Balaban J connectivity index is 2.36. The fourth-order valence-corrected chi connectivity index (χ4v) is 4.66. The van der Waals surface area contributed by atoms with Crippen molar-refractivity contribution in [3.05, 3.63) is 24.4 Å². The maximum absolute atomic E-state index is 12.3. The zero-order chi connectivity index (χ0) is 15.8. The molecule has 0 aliphatic heterocycles. The lowest BCUT2D eigenvalue weighted by Gasteiger charge is -2.12. The lowest BCUT2D eigenvalue weighted by molar-refractivity contribution is 0.565. The van der Waals surface area contributed by atoms with E-state index in [9.17, 15) is 16.8 Å². The van der Waals surface area contributed by atoms with Crippen molar-refractivity contribution >= 4 is 36.5 Å². The SMILES string of the molecule is CC(CS(C)(=O)=O)NS(=O)(=O)c1c[nH]c2ccc(N)cc12. The van der Waals surface area contributed by atoms with Crippen molar-refractivity contribution in [2.45, 2.75) is 17.9 Å². The Kier molecular flexibility index (Phi) is 4.00. The van der Waals surface area contributed by atoms with Gasteiger partial charge < -0.3 is 10.7 Å². The molecule has 2 rings (SSSR count). The quantitative estimate of drug-likeness (QED) is 0.687. The number of benzene rings is 1. The maximum atomic E-state index is 12.3. The number of nitrogen functional groups attached to an aromatic ring is 1. The number of H-pyrrole nitrogens is 1. The molecular weight excluding hydrogens is 314 g/mol. The van der Waals surface area contributed by atoms with E-state index in [-0.39, 0.29) is 10.6 Å². The number of aromatic amines is 1. The van der Waals surface area contributed by atoms with Gasteiger partial charge in [0.2, 0.25) is 10.0 Å². The highest BCUT2D eigenvalue weighted by Gasteiger charge is 2.23. The summed E-state index contributed by atoms with van der Waals surface area (Å²) in [5.41, 5.74) is 6.76. The molecule has 1 aromatic carbocycles. The van der Waals surface area contributed by atoms with E-state index >= 15 is 0 Å². The van der Waals surface area contributed by atoms with Gasteiger partial charge >= 0.3 is 0 Å². The maximum Gasteiger partial charge on any atom is 0.242 e. The number of anilines is 1. The molecule has 9 heteroatoms. The molecule has 0 saturated heterocycles. The summed E-state index contributed by atoms with van der Waals surface area (Å²) in [7, 11) is -7.10. The lowest BCUT2D eigenvalue weighted by Crippen LogP contribution is -2.37. The van der Waals surface area contributed by atoms with Crippen LogP contribution < -0.4 is 10.5 Å². The van der Waals surface area contributed by atoms with E-state index in [4.69, 9.17) is 5.73 Å². The molecule has 116 valence electrons. The van der Waals surface area contributed by atoms with Crippen LogP contribution in [0.3, 0.4) is 0 Å². The molecule has 1 heterocycles. The van der Waals surface area contributed by atoms with Gasteiger partial charge in [-0.05, 0) is 25.1 Å². The predicted molar refractivity (Wildman–Crippen MR) is 82.2 cm³/mol. The minimum absolute atomic E-state index is 0.0464. The molecule has 7 nitrogen and oxygen atoms in total. The summed E-state index contributed by atoms with van der Waals surface area (Å²) in [6, 6.07) is 4.18. The van der Waals surface area contributed by atoms with E-state index in [1.54, 1.807) is 18.2 Å². The second-order valence-corrected chi connectivity index (χ2v) is 8.94. The summed E-state index contributed by atoms with van der Waals surface area (Å²) in [6.07, 6.45) is 2.42. The molecule has 4 N–H and O–H groups in total. The number of rotatable bonds is 5. The zero-order valence-corrected chi connectivity index (χ0v) is 13.3. The van der Waals surface area contributed by atoms with Crippen molar-refractivity contribution in [3.8, 4) is 0 Å². The molecule has 1 atom stereocenters. The molecule has 0 saturated carbocycles. The van der Waals surface area contributed by atoms with Crippen molar-refractivity contribution in [2.75, 3.05) is 17.7 Å². The first-order valence-electron chi connectivity index (χ1n) is 6.15. The third-order valence-corrected chi connectivity index (χ3v) is 5.60. The highest BCUT2D eigenvalue weighted by molar-refractivity contribution is 7.91. The Bertz CT molecular complexity index is 869. The number of sulfone groups is 1. The molecule has 2 aromatic rings. The Morgan fingerprint density at radius 2 is 1.95 bits per heavy atom. The number of nitrogens with one attached hydrogen (secondary N) is 2. The summed E-state index contributed by atoms with van der Waals surface area (Å²) < 4.78 is 49.5. The fourth-order valence-electron chi connectivity index (χ4n) is 2.15. The topological polar surface area (TPSA) is 122 Å². The Morgan fingerprint density at radius 3 is 2.57 bits per heavy atom. The molecule has 0 aliphatic rings. The van der Waals surface area contributed by atoms with Crippen molar-refractivity contribution in [1.29, 1.82) is 0 Å². The van der Waals surface area contributed by atoms with Gasteiger partial charge in [-0.15, -0.1) is 0 Å². The minimum atomic E-state index is -3.83. The van der Waals surface area contributed by atoms with Gasteiger partial charge in [-0.1, -0.05) is 0 Å². The summed E-state index contributed by atoms with van der Waals surface area (Å²) in [5.74, 6) is -0.267. The van der Waals surface area contributed by atoms with E-state index in [0.717, 1.165) is 6.26 Å². The average molecular weight is 331 g/mol. The number of hydrogen-bond donors (Lipinski definition) is 3. The third kappa shape index (κ3) is 3.74. The van der Waals surface area contributed by atoms with Crippen LogP contribution in [-0.2, 0) is 19.9 Å². The van der Waals surface area contributed by atoms with Crippen LogP contribution in [0.2, 0.25) is 0 Å². The Hall–Kier alpha value is -1.58. The van der Waals surface area contributed by atoms with Crippen molar-refractivity contribution in [1.82, 2.24) is 9.71 Å². The molecule has 0 amide bonds. The molecule has 0 bridgehead atoms. The van der Waals surface area contributed by atoms with E-state index in [2.05, 4.69) is 9.71 Å². The largest absolute Gasteiger partial charge is 0.399 e. The molecule has 0 fully saturated rings. The van der Waals surface area contributed by atoms with E-state index < -0.39 is 25.9 Å². The fraction of sp³-hybridized carbons (Fsp3) is 0.333. The summed E-state index contributed by atoms with van der Waals surface area (Å²) in [5, 5.41) is 0.467. The van der Waals surface area contributed by atoms with Gasteiger partial charge in [-0.3, -0.25) is 0 Å². The van der Waals surface area contributed by atoms with E-state index in [0.29, 0.717) is 16.6 Å². The second kappa shape index (κ2) is 5.32. The summed E-state index contributed by atoms with van der Waals surface area (Å²) >= 11 is 0. The third-order valence-electron chi connectivity index (χ3n) is 2.87. The lowest BCUT2D eigenvalue weighted by atomic mass is 10.2. The normalized spacial score (nSPS) is 14.4. The van der Waals surface area contributed by atoms with Gasteiger partial charge in [0.1, 0.15) is 14.7 Å². The summed E-state index contributed by atoms with van der Waals surface area (Å²) in [4.78, 5) is 2.90. The molecule has 0 aliphatic carbocycles. The van der Waals surface area contributed by atoms with E-state index in [1.165, 1.54) is 13.1 Å². The first-order valence-corrected chi connectivity index (χ1v) is 9.69. The van der Waals surface area contributed by atoms with Gasteiger partial charge in [0.25, 0.3) is 0 Å². The summed E-state index contributed by atoms with van der Waals surface area (Å²) in [6.45, 7) is 1.50. The molecule has 1 aromatic heterocycles. The molecule has 0 radical (unpaired) electrons. The first kappa shape index (κ1) is 15.8. The highest BCUT2D eigenvalue weighted by atomic mass is 32.2. The van der Waals surface area contributed by atoms with Crippen LogP contribution in [-0.4, -0.2) is 39.9 Å². The van der Waals surface area contributed by atoms with Gasteiger partial charge in [0, 0.05) is 35.1 Å². The van der Waals surface area contributed by atoms with E-state index in [1.807, 2.05) is 0 Å². The second-order valence-electron chi connectivity index (χ2n) is 5.07. The van der Waals surface area contributed by atoms with Crippen molar-refractivity contribution in [3.63, 3.8) is 0 Å². The number of sulfonamides is 1. The molecular formula is C12H17N3O4S2. The van der Waals surface area contributed by atoms with Crippen LogP contribution in [0.5, 0.6) is 0 Å². The van der Waals surface area contributed by atoms with Crippen LogP contribution >= 0.6 is 0 Å². The number of hydrogen-bond acceptors (Lipinski definition) is 5. The van der Waals surface area contributed by atoms with Gasteiger partial charge in [0.05, 0.1) is 5.75 Å². The molecule has 1 unspecified atom stereocenters. The average Bonchev–Trinajstić information content (AvgIpc) is 2.68. The smallest absolute Gasteiger partial charge is 0.242 e. The molecule has 21 heavy (non-hydrogen) atoms. The first-order chi connectivity index (χ1) is 9.58. The van der Waals surface area contributed by atoms with Crippen molar-refractivity contribution in [2.24, 2.45) is 0 Å². The van der Waals surface area contributed by atoms with Gasteiger partial charge in [-0.25, -0.2) is 21.6 Å². The Labute approximate surface area is 123 Å². The molecule has 0 spiro atoms. The number of fused-ring (bicyclic) bond motifs is 1. The Morgan fingerprint density at radius 1 is 1.29 bits per heavy atom. The highest BCUT2D eigenvalue weighted by Crippen LogP contribution is 2.24. The minimum Gasteiger partial charge on any atom is -0.399 e. The number of aromatic nitrogens is 1. The van der Waals surface area contributed by atoms with Gasteiger partial charge in [-0.2, -0.15) is 0 Å². The van der Waals surface area contributed by atoms with Crippen LogP contribution in [0.1, 0.15) is 6.92 Å². The van der Waals surface area contributed by atoms with Crippen LogP contribution in [0.4, 0.5) is 5.69 Å². The van der Waals surface area contributed by atoms with Crippen LogP contribution in [0.25, 0.3) is 10.9 Å². The number of nitrogens with two attached hydrogens (primary N) is 1.